The van der Waals surface area contributed by atoms with Crippen molar-refractivity contribution in [3.05, 3.63) is 89.5 Å². The normalized spacial score (nSPS) is 10.4. The third-order valence-corrected chi connectivity index (χ3v) is 3.45. The Balaban J connectivity index is 0.000000161. The molecule has 0 spiro atoms. The van der Waals surface area contributed by atoms with Gasteiger partial charge in [-0.1, -0.05) is 42.3 Å². The molecular formula is C21H24SiZr-2. The molecule has 3 aromatic carbocycles. The van der Waals surface area contributed by atoms with Gasteiger partial charge in [0, 0.05) is 0 Å². The summed E-state index contributed by atoms with van der Waals surface area (Å²) < 4.78 is 0. The molecular weight excluding hydrogens is 372 g/mol. The number of hydrogen-bond acceptors (Lipinski definition) is 0. The molecule has 3 aromatic rings. The van der Waals surface area contributed by atoms with E-state index in [2.05, 4.69) is 74.6 Å². The van der Waals surface area contributed by atoms with Crippen molar-refractivity contribution in [1.29, 1.82) is 0 Å². The van der Waals surface area contributed by atoms with Crippen molar-refractivity contribution in [2.75, 3.05) is 0 Å². The largest absolute Gasteiger partial charge is 0.213 e. The molecule has 2 heteroatoms. The van der Waals surface area contributed by atoms with Crippen molar-refractivity contribution >= 4 is 5.43 Å². The van der Waals surface area contributed by atoms with E-state index in [9.17, 15) is 0 Å². The molecule has 0 heterocycles. The Kier molecular flexibility index (Phi) is 7.33. The molecule has 0 aliphatic heterocycles. The van der Waals surface area contributed by atoms with Crippen LogP contribution < -0.4 is 0 Å². The second-order valence-electron chi connectivity index (χ2n) is 6.07. The van der Waals surface area contributed by atoms with Gasteiger partial charge in [0.25, 0.3) is 0 Å². The first-order chi connectivity index (χ1) is 11.1. The molecule has 0 radical (unpaired) electrons. The maximum absolute atomic E-state index is 3.30. The van der Waals surface area contributed by atoms with Gasteiger partial charge in [-0.25, -0.2) is 12.1 Å². The number of fused-ring (bicyclic) bond motifs is 3. The first-order valence-corrected chi connectivity index (χ1v) is 15.9. The van der Waals surface area contributed by atoms with E-state index in [0.29, 0.717) is 5.43 Å². The average molecular weight is 396 g/mol. The third-order valence-electron chi connectivity index (χ3n) is 3.45. The summed E-state index contributed by atoms with van der Waals surface area (Å²) in [6, 6.07) is 26.3. The molecule has 1 aliphatic carbocycles. The fraction of sp³-hybridized carbons (Fsp3) is 0.190. The number of hydrogen-bond donors (Lipinski definition) is 0. The summed E-state index contributed by atoms with van der Waals surface area (Å²) >= 11 is 1.27. The standard InChI is InChI=1S/C13H9.C6H7.C2H6Si.Zr.2H/c1-3-7-12-10(5-1)9-11-6-2-4-8-13(11)12;1-6-4-2-3-5-6;1-3-2;;;/h1-5,7-8H,9H2;2-5H,1H3;1-2H3;;;/q2*-1;;;;. The molecule has 0 unspecified atom stereocenters. The van der Waals surface area contributed by atoms with Gasteiger partial charge >= 0.3 is 41.9 Å². The SMILES string of the molecule is C[Si](C)=[ZrH2].C[c-]1cccc1.[c-]1cccc2c1Cc1ccccc1-2. The van der Waals surface area contributed by atoms with Gasteiger partial charge in [-0.3, -0.25) is 0 Å². The minimum atomic E-state index is 0.290. The molecule has 0 saturated heterocycles. The van der Waals surface area contributed by atoms with Crippen molar-refractivity contribution in [2.45, 2.75) is 26.4 Å². The van der Waals surface area contributed by atoms with Gasteiger partial charge in [0.05, 0.1) is 0 Å². The van der Waals surface area contributed by atoms with Crippen LogP contribution in [-0.4, -0.2) is 5.43 Å². The van der Waals surface area contributed by atoms with Crippen LogP contribution in [0.1, 0.15) is 16.7 Å². The molecule has 118 valence electrons. The quantitative estimate of drug-likeness (QED) is 0.290. The van der Waals surface area contributed by atoms with E-state index in [-0.39, 0.29) is 0 Å². The minimum Gasteiger partial charge on any atom is -0.213 e. The molecule has 23 heavy (non-hydrogen) atoms. The summed E-state index contributed by atoms with van der Waals surface area (Å²) in [4.78, 5) is 0. The monoisotopic (exact) mass is 394 g/mol. The molecule has 0 fully saturated rings. The van der Waals surface area contributed by atoms with Gasteiger partial charge in [-0.2, -0.15) is 47.5 Å². The van der Waals surface area contributed by atoms with Crippen LogP contribution in [0.3, 0.4) is 0 Å². The van der Waals surface area contributed by atoms with Crippen LogP contribution in [0.4, 0.5) is 0 Å². The fourth-order valence-electron chi connectivity index (χ4n) is 2.47. The first kappa shape index (κ1) is 18.2. The molecule has 0 N–H and O–H groups in total. The van der Waals surface area contributed by atoms with Gasteiger partial charge in [-0.15, -0.1) is 5.56 Å². The fourth-order valence-corrected chi connectivity index (χ4v) is 2.47. The average Bonchev–Trinajstić information content (AvgIpc) is 3.13. The van der Waals surface area contributed by atoms with Gasteiger partial charge in [-0.05, 0) is 6.42 Å². The van der Waals surface area contributed by atoms with Gasteiger partial charge in [0.2, 0.25) is 0 Å². The van der Waals surface area contributed by atoms with Crippen LogP contribution in [-0.2, 0) is 29.8 Å². The topological polar surface area (TPSA) is 0 Å². The van der Waals surface area contributed by atoms with E-state index >= 15 is 0 Å². The van der Waals surface area contributed by atoms with Gasteiger partial charge < -0.3 is 0 Å². The summed E-state index contributed by atoms with van der Waals surface area (Å²) in [6.45, 7) is 6.77. The Morgan fingerprint density at radius 1 is 0.957 bits per heavy atom. The molecule has 0 aromatic heterocycles. The molecule has 0 amide bonds. The van der Waals surface area contributed by atoms with E-state index in [4.69, 9.17) is 0 Å². The van der Waals surface area contributed by atoms with E-state index in [1.165, 1.54) is 51.2 Å². The Hall–Kier alpha value is -1.11. The van der Waals surface area contributed by atoms with Crippen LogP contribution in [0.15, 0.2) is 66.7 Å². The van der Waals surface area contributed by atoms with Crippen molar-refractivity contribution < 1.29 is 23.3 Å². The maximum atomic E-state index is 3.30. The molecule has 0 bridgehead atoms. The second-order valence-corrected chi connectivity index (χ2v) is 18.9. The van der Waals surface area contributed by atoms with E-state index < -0.39 is 0 Å². The van der Waals surface area contributed by atoms with Crippen LogP contribution in [0.2, 0.25) is 13.1 Å². The number of rotatable bonds is 0. The Morgan fingerprint density at radius 2 is 1.57 bits per heavy atom. The summed E-state index contributed by atoms with van der Waals surface area (Å²) in [5.74, 6) is 0. The van der Waals surface area contributed by atoms with Crippen molar-refractivity contribution in [3.8, 4) is 11.1 Å². The molecule has 0 atom stereocenters. The Bertz CT molecular complexity index is 710. The predicted octanol–water partition coefficient (Wildman–Crippen LogP) is 5.02. The zero-order valence-corrected chi connectivity index (χ0v) is 18.7. The van der Waals surface area contributed by atoms with Crippen molar-refractivity contribution in [1.82, 2.24) is 0 Å². The number of aryl methyl sites for hydroxylation is 1. The smallest absolute Gasteiger partial charge is 0.0253 e. The minimum absolute atomic E-state index is 0.290. The molecule has 1 aliphatic rings. The number of benzene rings is 2. The van der Waals surface area contributed by atoms with Crippen molar-refractivity contribution in [3.63, 3.8) is 0 Å². The van der Waals surface area contributed by atoms with E-state index in [1.54, 1.807) is 0 Å². The molecule has 4 rings (SSSR count). The third kappa shape index (κ3) is 5.79. The van der Waals surface area contributed by atoms with Crippen LogP contribution in [0.5, 0.6) is 0 Å². The van der Waals surface area contributed by atoms with Crippen LogP contribution in [0, 0.1) is 13.0 Å². The van der Waals surface area contributed by atoms with Crippen LogP contribution >= 0.6 is 0 Å². The molecule has 0 nitrogen and oxygen atoms in total. The van der Waals surface area contributed by atoms with Crippen molar-refractivity contribution in [2.24, 2.45) is 0 Å². The van der Waals surface area contributed by atoms with Gasteiger partial charge in [0.1, 0.15) is 0 Å². The summed E-state index contributed by atoms with van der Waals surface area (Å²) in [7, 11) is 0. The predicted molar refractivity (Wildman–Crippen MR) is 101 cm³/mol. The van der Waals surface area contributed by atoms with Gasteiger partial charge in [0.15, 0.2) is 0 Å². The second kappa shape index (κ2) is 9.25. The maximum Gasteiger partial charge on any atom is -0.0253 e. The van der Waals surface area contributed by atoms with E-state index in [1.807, 2.05) is 18.2 Å². The summed E-state index contributed by atoms with van der Waals surface area (Å²) in [6.07, 6.45) is 1.05. The first-order valence-electron chi connectivity index (χ1n) is 7.96. The van der Waals surface area contributed by atoms with Crippen LogP contribution in [0.25, 0.3) is 11.1 Å². The Morgan fingerprint density at radius 3 is 2.17 bits per heavy atom. The zero-order valence-electron chi connectivity index (χ0n) is 14.3. The summed E-state index contributed by atoms with van der Waals surface area (Å²) in [5, 5.41) is 0. The Labute approximate surface area is 155 Å². The zero-order chi connectivity index (χ0) is 16.7. The molecule has 0 saturated carbocycles. The summed E-state index contributed by atoms with van der Waals surface area (Å²) in [5.41, 5.74) is 7.14. The van der Waals surface area contributed by atoms with E-state index in [0.717, 1.165) is 6.42 Å².